The lowest BCUT2D eigenvalue weighted by atomic mass is 9.83. The number of benzene rings is 3. The first kappa shape index (κ1) is 15.8. The van der Waals surface area contributed by atoms with E-state index in [0.29, 0.717) is 0 Å². The van der Waals surface area contributed by atoms with Gasteiger partial charge in [0.15, 0.2) is 0 Å². The Morgan fingerprint density at radius 3 is 2.18 bits per heavy atom. The summed E-state index contributed by atoms with van der Waals surface area (Å²) in [6.07, 6.45) is 6.31. The molecule has 3 aromatic carbocycles. The molecule has 2 N–H and O–H groups in total. The number of hydrogen-bond donors (Lipinski definition) is 2. The number of allylic oxidation sites excluding steroid dienone is 1. The van der Waals surface area contributed by atoms with Gasteiger partial charge in [-0.15, -0.1) is 0 Å². The van der Waals surface area contributed by atoms with Crippen LogP contribution in [0.15, 0.2) is 54.6 Å². The highest BCUT2D eigenvalue weighted by Gasteiger charge is 2.22. The Labute approximate surface area is 163 Å². The van der Waals surface area contributed by atoms with Crippen LogP contribution in [0.25, 0.3) is 38.8 Å². The SMILES string of the molecule is C/C=C\c1c(C)[nH]c2c3c(ccc12)Cc1c(ccc2c1[nH]c1ccccc12)C3. The molecular formula is C26H22N2. The molecule has 0 atom stereocenters. The molecule has 0 unspecified atom stereocenters. The normalized spacial score (nSPS) is 13.6. The molecule has 0 spiro atoms. The molecule has 0 radical (unpaired) electrons. The molecule has 2 nitrogen and oxygen atoms in total. The van der Waals surface area contributed by atoms with Crippen molar-refractivity contribution < 1.29 is 0 Å². The summed E-state index contributed by atoms with van der Waals surface area (Å²) in [6.45, 7) is 4.25. The lowest BCUT2D eigenvalue weighted by Gasteiger charge is -2.21. The van der Waals surface area contributed by atoms with Crippen LogP contribution in [0, 0.1) is 6.92 Å². The summed E-state index contributed by atoms with van der Waals surface area (Å²) >= 11 is 0. The van der Waals surface area contributed by atoms with E-state index in [4.69, 9.17) is 0 Å². The molecule has 136 valence electrons. The molecule has 1 aliphatic rings. The van der Waals surface area contributed by atoms with E-state index in [-0.39, 0.29) is 0 Å². The summed E-state index contributed by atoms with van der Waals surface area (Å²) in [5.41, 5.74) is 12.2. The number of aromatic amines is 2. The maximum absolute atomic E-state index is 3.69. The number of fused-ring (bicyclic) bond motifs is 8. The average Bonchev–Trinajstić information content (AvgIpc) is 3.25. The van der Waals surface area contributed by atoms with Gasteiger partial charge in [-0.1, -0.05) is 54.6 Å². The zero-order valence-corrected chi connectivity index (χ0v) is 16.2. The summed E-state index contributed by atoms with van der Waals surface area (Å²) in [5, 5.41) is 3.99. The fourth-order valence-corrected chi connectivity index (χ4v) is 5.03. The summed E-state index contributed by atoms with van der Waals surface area (Å²) in [4.78, 5) is 7.36. The van der Waals surface area contributed by atoms with Crippen molar-refractivity contribution in [3.05, 3.63) is 88.1 Å². The van der Waals surface area contributed by atoms with Crippen molar-refractivity contribution in [2.75, 3.05) is 0 Å². The topological polar surface area (TPSA) is 31.6 Å². The third kappa shape index (κ3) is 2.03. The number of H-pyrrole nitrogens is 2. The van der Waals surface area contributed by atoms with Crippen LogP contribution < -0.4 is 0 Å². The second kappa shape index (κ2) is 5.62. The number of nitrogens with one attached hydrogen (secondary N) is 2. The quantitative estimate of drug-likeness (QED) is 0.329. The smallest absolute Gasteiger partial charge is 0.0503 e. The van der Waals surface area contributed by atoms with Crippen molar-refractivity contribution >= 4 is 38.8 Å². The number of rotatable bonds is 1. The van der Waals surface area contributed by atoms with Crippen LogP contribution in [0.5, 0.6) is 0 Å². The van der Waals surface area contributed by atoms with Crippen molar-refractivity contribution in [2.24, 2.45) is 0 Å². The largest absolute Gasteiger partial charge is 0.358 e. The first-order valence-corrected chi connectivity index (χ1v) is 10.0. The monoisotopic (exact) mass is 362 g/mol. The second-order valence-corrected chi connectivity index (χ2v) is 7.94. The molecule has 6 rings (SSSR count). The zero-order valence-electron chi connectivity index (χ0n) is 16.2. The molecule has 0 amide bonds. The first-order chi connectivity index (χ1) is 13.7. The molecule has 0 saturated heterocycles. The van der Waals surface area contributed by atoms with E-state index in [9.17, 15) is 0 Å². The fraction of sp³-hybridized carbons (Fsp3) is 0.154. The van der Waals surface area contributed by atoms with Crippen molar-refractivity contribution in [3.8, 4) is 0 Å². The minimum Gasteiger partial charge on any atom is -0.358 e. The highest BCUT2D eigenvalue weighted by Crippen LogP contribution is 2.38. The van der Waals surface area contributed by atoms with E-state index < -0.39 is 0 Å². The van der Waals surface area contributed by atoms with E-state index in [0.717, 1.165) is 12.8 Å². The minimum atomic E-state index is 0.988. The van der Waals surface area contributed by atoms with Crippen LogP contribution in [-0.4, -0.2) is 9.97 Å². The van der Waals surface area contributed by atoms with Crippen LogP contribution in [0.4, 0.5) is 0 Å². The number of hydrogen-bond acceptors (Lipinski definition) is 0. The van der Waals surface area contributed by atoms with Gasteiger partial charge >= 0.3 is 0 Å². The Bertz CT molecular complexity index is 1430. The van der Waals surface area contributed by atoms with Crippen molar-refractivity contribution in [2.45, 2.75) is 26.7 Å². The molecule has 0 bridgehead atoms. The highest BCUT2D eigenvalue weighted by atomic mass is 14.7. The van der Waals surface area contributed by atoms with Gasteiger partial charge in [0.25, 0.3) is 0 Å². The van der Waals surface area contributed by atoms with Gasteiger partial charge in [-0.25, -0.2) is 0 Å². The Kier molecular flexibility index (Phi) is 3.16. The van der Waals surface area contributed by atoms with E-state index >= 15 is 0 Å². The molecule has 2 heterocycles. The average molecular weight is 362 g/mol. The van der Waals surface area contributed by atoms with Crippen LogP contribution in [-0.2, 0) is 12.8 Å². The molecular weight excluding hydrogens is 340 g/mol. The van der Waals surface area contributed by atoms with E-state index in [2.05, 4.69) is 84.5 Å². The number of aryl methyl sites for hydroxylation is 1. The van der Waals surface area contributed by atoms with Crippen molar-refractivity contribution in [1.29, 1.82) is 0 Å². The van der Waals surface area contributed by atoms with Crippen LogP contribution in [0.3, 0.4) is 0 Å². The van der Waals surface area contributed by atoms with E-state index in [1.165, 1.54) is 66.2 Å². The molecule has 28 heavy (non-hydrogen) atoms. The molecule has 0 aliphatic heterocycles. The van der Waals surface area contributed by atoms with Gasteiger partial charge in [-0.05, 0) is 42.2 Å². The maximum Gasteiger partial charge on any atom is 0.0503 e. The third-order valence-corrected chi connectivity index (χ3v) is 6.37. The number of para-hydroxylation sites is 1. The predicted octanol–water partition coefficient (Wildman–Crippen LogP) is 6.64. The van der Waals surface area contributed by atoms with Gasteiger partial charge in [-0.2, -0.15) is 0 Å². The minimum absolute atomic E-state index is 0.988. The fourth-order valence-electron chi connectivity index (χ4n) is 5.03. The van der Waals surface area contributed by atoms with Crippen molar-refractivity contribution in [1.82, 2.24) is 9.97 Å². The van der Waals surface area contributed by atoms with Gasteiger partial charge in [0.05, 0.1) is 11.0 Å². The highest BCUT2D eigenvalue weighted by molar-refractivity contribution is 6.08. The third-order valence-electron chi connectivity index (χ3n) is 6.37. The zero-order chi connectivity index (χ0) is 18.8. The first-order valence-electron chi connectivity index (χ1n) is 10.0. The Morgan fingerprint density at radius 2 is 1.43 bits per heavy atom. The Hall–Kier alpha value is -3.26. The summed E-state index contributed by atoms with van der Waals surface area (Å²) < 4.78 is 0. The van der Waals surface area contributed by atoms with Crippen LogP contribution >= 0.6 is 0 Å². The number of aromatic nitrogens is 2. The molecule has 0 saturated carbocycles. The lowest BCUT2D eigenvalue weighted by molar-refractivity contribution is 1.02. The molecule has 0 fully saturated rings. The summed E-state index contributed by atoms with van der Waals surface area (Å²) in [5.74, 6) is 0. The standard InChI is InChI=1S/C26H22N2/c1-3-6-18-15(2)27-25-20(18)11-9-16-14-23-17(13-22(16)25)10-12-21-19-7-4-5-8-24(19)28-26(21)23/h3-12,27-28H,13-14H2,1-2H3/b6-3-. The van der Waals surface area contributed by atoms with E-state index in [1.807, 2.05) is 0 Å². The molecule has 2 aromatic heterocycles. The van der Waals surface area contributed by atoms with Gasteiger partial charge < -0.3 is 9.97 Å². The predicted molar refractivity (Wildman–Crippen MR) is 119 cm³/mol. The molecule has 5 aromatic rings. The maximum atomic E-state index is 3.69. The molecule has 2 heteroatoms. The van der Waals surface area contributed by atoms with Crippen molar-refractivity contribution in [3.63, 3.8) is 0 Å². The van der Waals surface area contributed by atoms with Gasteiger partial charge in [0, 0.05) is 45.8 Å². The van der Waals surface area contributed by atoms with E-state index in [1.54, 1.807) is 0 Å². The Morgan fingerprint density at radius 1 is 0.750 bits per heavy atom. The Balaban J connectivity index is 1.58. The van der Waals surface area contributed by atoms with Gasteiger partial charge in [0.2, 0.25) is 0 Å². The summed E-state index contributed by atoms with van der Waals surface area (Å²) in [7, 11) is 0. The second-order valence-electron chi connectivity index (χ2n) is 7.94. The van der Waals surface area contributed by atoms with Gasteiger partial charge in [0.1, 0.15) is 0 Å². The van der Waals surface area contributed by atoms with Gasteiger partial charge in [-0.3, -0.25) is 0 Å². The summed E-state index contributed by atoms with van der Waals surface area (Å²) in [6, 6.07) is 17.9. The van der Waals surface area contributed by atoms with Crippen LogP contribution in [0.2, 0.25) is 0 Å². The van der Waals surface area contributed by atoms with Crippen LogP contribution in [0.1, 0.15) is 40.4 Å². The lowest BCUT2D eigenvalue weighted by Crippen LogP contribution is -2.08. The molecule has 1 aliphatic carbocycles.